The van der Waals surface area contributed by atoms with Crippen LogP contribution in [-0.4, -0.2) is 51.9 Å². The Labute approximate surface area is 241 Å². The van der Waals surface area contributed by atoms with Gasteiger partial charge >= 0.3 is 5.97 Å². The molecular weight excluding hydrogens is 540 g/mol. The Kier molecular flexibility index (Phi) is 9.14. The summed E-state index contributed by atoms with van der Waals surface area (Å²) in [4.78, 5) is 13.0. The number of fused-ring (bicyclic) bond motifs is 1. The molecule has 1 heterocycles. The second-order valence-electron chi connectivity index (χ2n) is 10.8. The summed E-state index contributed by atoms with van der Waals surface area (Å²) < 4.78 is 36.0. The van der Waals surface area contributed by atoms with Crippen LogP contribution in [-0.2, 0) is 33.1 Å². The van der Waals surface area contributed by atoms with Crippen molar-refractivity contribution in [1.82, 2.24) is 19.3 Å². The lowest BCUT2D eigenvalue weighted by molar-refractivity contribution is -0.143. The van der Waals surface area contributed by atoms with Gasteiger partial charge < -0.3 is 9.84 Å². The molecule has 0 bridgehead atoms. The molecule has 0 amide bonds. The van der Waals surface area contributed by atoms with E-state index in [4.69, 9.17) is 4.74 Å². The lowest BCUT2D eigenvalue weighted by Gasteiger charge is -2.26. The fourth-order valence-corrected chi connectivity index (χ4v) is 6.92. The van der Waals surface area contributed by atoms with Gasteiger partial charge in [0.05, 0.1) is 17.9 Å². The van der Waals surface area contributed by atoms with Gasteiger partial charge in [-0.2, -0.15) is 4.31 Å². The maximum absolute atomic E-state index is 13.8. The second kappa shape index (κ2) is 12.4. The molecule has 1 atom stereocenters. The molecular formula is C31H38N4O5S. The number of aromatic nitrogens is 3. The van der Waals surface area contributed by atoms with Crippen LogP contribution in [0.15, 0.2) is 59.5 Å². The van der Waals surface area contributed by atoms with E-state index >= 15 is 0 Å². The number of phenolic OH excluding ortho intramolecular Hbond substituents is 1. The van der Waals surface area contributed by atoms with Crippen molar-refractivity contribution in [2.45, 2.75) is 58.4 Å². The number of hydrogen-bond acceptors (Lipinski definition) is 7. The summed E-state index contributed by atoms with van der Waals surface area (Å²) in [6.07, 6.45) is 0.0404. The molecule has 4 aromatic rings. The highest BCUT2D eigenvalue weighted by Gasteiger charge is 2.28. The van der Waals surface area contributed by atoms with Crippen molar-refractivity contribution in [1.29, 1.82) is 0 Å². The standard InChI is InChI=1S/C31H38N4O5S/c1-7-40-30(37)17-26(24-15-27-31(28(36)16-24)34(6)33-32-27)23-13-12-21(4)25(14-23)19-35(18-20(2)3)41(38,39)29-11-9-8-10-22(29)5/h8-16,20,26,36H,7,17-19H2,1-6H3. The molecule has 10 heteroatoms. The first-order chi connectivity index (χ1) is 19.4. The number of phenols is 1. The van der Waals surface area contributed by atoms with E-state index in [1.165, 1.54) is 8.99 Å². The number of ether oxygens (including phenoxy) is 1. The topological polar surface area (TPSA) is 115 Å². The SMILES string of the molecule is CCOC(=O)CC(c1ccc(C)c(CN(CC(C)C)S(=O)(=O)c2ccccc2C)c1)c1cc(O)c2c(c1)nnn2C. The van der Waals surface area contributed by atoms with Gasteiger partial charge in [-0.15, -0.1) is 5.10 Å². The lowest BCUT2D eigenvalue weighted by atomic mass is 9.86. The molecule has 1 N–H and O–H groups in total. The van der Waals surface area contributed by atoms with Crippen LogP contribution >= 0.6 is 0 Å². The van der Waals surface area contributed by atoms with Crippen molar-refractivity contribution >= 4 is 27.0 Å². The Morgan fingerprint density at radius 2 is 1.78 bits per heavy atom. The smallest absolute Gasteiger partial charge is 0.306 e. The van der Waals surface area contributed by atoms with Gasteiger partial charge in [0.15, 0.2) is 0 Å². The van der Waals surface area contributed by atoms with Crippen LogP contribution < -0.4 is 0 Å². The average molecular weight is 579 g/mol. The van der Waals surface area contributed by atoms with E-state index in [1.54, 1.807) is 45.2 Å². The molecule has 0 saturated heterocycles. The molecule has 3 aromatic carbocycles. The summed E-state index contributed by atoms with van der Waals surface area (Å²) in [6.45, 7) is 10.3. The van der Waals surface area contributed by atoms with Gasteiger partial charge in [-0.05, 0) is 72.7 Å². The lowest BCUT2D eigenvalue weighted by Crippen LogP contribution is -2.34. The minimum absolute atomic E-state index is 0.0126. The van der Waals surface area contributed by atoms with Gasteiger partial charge in [-0.3, -0.25) is 4.79 Å². The quantitative estimate of drug-likeness (QED) is 0.243. The third kappa shape index (κ3) is 6.60. The van der Waals surface area contributed by atoms with Gasteiger partial charge in [0.25, 0.3) is 0 Å². The first kappa shape index (κ1) is 30.2. The predicted molar refractivity (Wildman–Crippen MR) is 158 cm³/mol. The molecule has 0 spiro atoms. The highest BCUT2D eigenvalue weighted by Crippen LogP contribution is 2.35. The van der Waals surface area contributed by atoms with Crippen molar-refractivity contribution in [2.75, 3.05) is 13.2 Å². The minimum Gasteiger partial charge on any atom is -0.506 e. The first-order valence-electron chi connectivity index (χ1n) is 13.8. The maximum Gasteiger partial charge on any atom is 0.306 e. The van der Waals surface area contributed by atoms with Gasteiger partial charge in [0.2, 0.25) is 10.0 Å². The largest absolute Gasteiger partial charge is 0.506 e. The number of aryl methyl sites for hydroxylation is 3. The zero-order valence-corrected chi connectivity index (χ0v) is 25.3. The minimum atomic E-state index is -3.77. The van der Waals surface area contributed by atoms with Gasteiger partial charge in [-0.1, -0.05) is 55.5 Å². The molecule has 4 rings (SSSR count). The molecule has 0 saturated carbocycles. The van der Waals surface area contributed by atoms with Gasteiger partial charge in [0, 0.05) is 26.1 Å². The maximum atomic E-state index is 13.8. The van der Waals surface area contributed by atoms with Crippen LogP contribution in [0.5, 0.6) is 5.75 Å². The number of hydrogen-bond donors (Lipinski definition) is 1. The number of aromatic hydroxyl groups is 1. The molecule has 0 aliphatic heterocycles. The molecule has 0 aliphatic rings. The van der Waals surface area contributed by atoms with E-state index < -0.39 is 15.9 Å². The second-order valence-corrected chi connectivity index (χ2v) is 12.7. The van der Waals surface area contributed by atoms with E-state index in [0.717, 1.165) is 16.7 Å². The number of esters is 1. The van der Waals surface area contributed by atoms with Crippen molar-refractivity contribution in [3.63, 3.8) is 0 Å². The van der Waals surface area contributed by atoms with Crippen molar-refractivity contribution < 1.29 is 23.1 Å². The Bertz CT molecular complexity index is 1660. The number of benzene rings is 3. The van der Waals surface area contributed by atoms with Crippen LogP contribution in [0.3, 0.4) is 0 Å². The highest BCUT2D eigenvalue weighted by molar-refractivity contribution is 7.89. The summed E-state index contributed by atoms with van der Waals surface area (Å²) in [7, 11) is -2.07. The fraction of sp³-hybridized carbons (Fsp3) is 0.387. The molecule has 0 aliphatic carbocycles. The Hall–Kier alpha value is -3.76. The molecule has 218 valence electrons. The summed E-state index contributed by atoms with van der Waals surface area (Å²) in [5.41, 5.74) is 4.96. The third-order valence-electron chi connectivity index (χ3n) is 7.18. The van der Waals surface area contributed by atoms with E-state index in [2.05, 4.69) is 10.3 Å². The Morgan fingerprint density at radius 1 is 1.05 bits per heavy atom. The molecule has 9 nitrogen and oxygen atoms in total. The van der Waals surface area contributed by atoms with Gasteiger partial charge in [-0.25, -0.2) is 13.1 Å². The van der Waals surface area contributed by atoms with Crippen LogP contribution in [0.2, 0.25) is 0 Å². The monoisotopic (exact) mass is 578 g/mol. The first-order valence-corrected chi connectivity index (χ1v) is 15.2. The van der Waals surface area contributed by atoms with Crippen LogP contribution in [0, 0.1) is 19.8 Å². The van der Waals surface area contributed by atoms with Crippen molar-refractivity contribution in [3.8, 4) is 5.75 Å². The van der Waals surface area contributed by atoms with Crippen LogP contribution in [0.1, 0.15) is 60.9 Å². The van der Waals surface area contributed by atoms with E-state index in [0.29, 0.717) is 33.6 Å². The number of carbonyl (C=O) groups is 1. The summed E-state index contributed by atoms with van der Waals surface area (Å²) >= 11 is 0. The zero-order chi connectivity index (χ0) is 29.9. The number of nitrogens with zero attached hydrogens (tertiary/aromatic N) is 4. The van der Waals surface area contributed by atoms with Crippen LogP contribution in [0.25, 0.3) is 11.0 Å². The Morgan fingerprint density at radius 3 is 2.46 bits per heavy atom. The number of rotatable bonds is 11. The normalized spacial score (nSPS) is 12.8. The molecule has 1 unspecified atom stereocenters. The van der Waals surface area contributed by atoms with E-state index in [9.17, 15) is 18.3 Å². The predicted octanol–water partition coefficient (Wildman–Crippen LogP) is 5.22. The van der Waals surface area contributed by atoms with Gasteiger partial charge in [0.1, 0.15) is 16.8 Å². The van der Waals surface area contributed by atoms with E-state index in [-0.39, 0.29) is 37.2 Å². The van der Waals surface area contributed by atoms with Crippen molar-refractivity contribution in [2.24, 2.45) is 13.0 Å². The molecule has 1 aromatic heterocycles. The van der Waals surface area contributed by atoms with E-state index in [1.807, 2.05) is 51.1 Å². The van der Waals surface area contributed by atoms with Crippen molar-refractivity contribution in [3.05, 3.63) is 82.4 Å². The highest BCUT2D eigenvalue weighted by atomic mass is 32.2. The summed E-state index contributed by atoms with van der Waals surface area (Å²) in [6, 6.07) is 16.3. The number of sulfonamides is 1. The summed E-state index contributed by atoms with van der Waals surface area (Å²) in [5, 5.41) is 19.0. The Balaban J connectivity index is 1.78. The average Bonchev–Trinajstić information content (AvgIpc) is 3.29. The fourth-order valence-electron chi connectivity index (χ4n) is 5.12. The van der Waals surface area contributed by atoms with Crippen LogP contribution in [0.4, 0.5) is 0 Å². The molecule has 0 radical (unpaired) electrons. The number of carbonyl (C=O) groups excluding carboxylic acids is 1. The zero-order valence-electron chi connectivity index (χ0n) is 24.5. The molecule has 41 heavy (non-hydrogen) atoms. The summed E-state index contributed by atoms with van der Waals surface area (Å²) in [5.74, 6) is -0.715. The third-order valence-corrected chi connectivity index (χ3v) is 9.16. The molecule has 0 fully saturated rings.